The lowest BCUT2D eigenvalue weighted by Crippen LogP contribution is -2.44. The highest BCUT2D eigenvalue weighted by molar-refractivity contribution is 6.37. The van der Waals surface area contributed by atoms with Crippen molar-refractivity contribution in [2.24, 2.45) is 0 Å². The molecule has 2 rings (SSSR count). The van der Waals surface area contributed by atoms with Crippen LogP contribution in [0.25, 0.3) is 0 Å². The molecular formula is C13H15Cl2NO3. The molecule has 1 aromatic carbocycles. The van der Waals surface area contributed by atoms with Gasteiger partial charge in [-0.3, -0.25) is 4.79 Å². The van der Waals surface area contributed by atoms with Gasteiger partial charge in [-0.05, 0) is 19.1 Å². The Balaban J connectivity index is 2.35. The first-order chi connectivity index (χ1) is 9.04. The summed E-state index contributed by atoms with van der Waals surface area (Å²) < 4.78 is 10.6. The van der Waals surface area contributed by atoms with Gasteiger partial charge in [0.05, 0.1) is 29.9 Å². The predicted molar refractivity (Wildman–Crippen MR) is 74.3 cm³/mol. The van der Waals surface area contributed by atoms with Crippen molar-refractivity contribution in [3.63, 3.8) is 0 Å². The zero-order chi connectivity index (χ0) is 14.0. The summed E-state index contributed by atoms with van der Waals surface area (Å²) in [5.74, 6) is 0.137. The minimum Gasteiger partial charge on any atom is -0.494 e. The molecule has 19 heavy (non-hydrogen) atoms. The van der Waals surface area contributed by atoms with Crippen LogP contribution in [0.5, 0.6) is 5.75 Å². The first-order valence-corrected chi connectivity index (χ1v) is 6.73. The Hall–Kier alpha value is -0.970. The third kappa shape index (κ3) is 2.96. The second-order valence-corrected chi connectivity index (χ2v) is 5.18. The SMILES string of the molecule is COc1c(Cl)ccc(Cl)c1C(=O)N1CCOC(C)C1. The predicted octanol–water partition coefficient (Wildman–Crippen LogP) is 2.86. The van der Waals surface area contributed by atoms with E-state index in [1.165, 1.54) is 7.11 Å². The molecule has 0 aliphatic carbocycles. The second-order valence-electron chi connectivity index (χ2n) is 4.37. The van der Waals surface area contributed by atoms with Crippen molar-refractivity contribution in [3.05, 3.63) is 27.7 Å². The van der Waals surface area contributed by atoms with Gasteiger partial charge in [0.1, 0.15) is 5.56 Å². The Morgan fingerprint density at radius 3 is 2.74 bits per heavy atom. The molecule has 1 aliphatic heterocycles. The van der Waals surface area contributed by atoms with E-state index < -0.39 is 0 Å². The van der Waals surface area contributed by atoms with Gasteiger partial charge in [0.2, 0.25) is 0 Å². The van der Waals surface area contributed by atoms with Gasteiger partial charge in [-0.1, -0.05) is 23.2 Å². The van der Waals surface area contributed by atoms with Crippen LogP contribution in [0, 0.1) is 0 Å². The quantitative estimate of drug-likeness (QED) is 0.843. The minimum atomic E-state index is -0.181. The van der Waals surface area contributed by atoms with Crippen LogP contribution in [0.1, 0.15) is 17.3 Å². The minimum absolute atomic E-state index is 0.0154. The summed E-state index contributed by atoms with van der Waals surface area (Å²) in [6.07, 6.45) is 0.0154. The number of hydrogen-bond donors (Lipinski definition) is 0. The number of hydrogen-bond acceptors (Lipinski definition) is 3. The Labute approximate surface area is 122 Å². The average molecular weight is 304 g/mol. The maximum atomic E-state index is 12.5. The second kappa shape index (κ2) is 5.99. The highest BCUT2D eigenvalue weighted by Gasteiger charge is 2.27. The van der Waals surface area contributed by atoms with Crippen LogP contribution in [0.4, 0.5) is 0 Å². The summed E-state index contributed by atoms with van der Waals surface area (Å²) >= 11 is 12.1. The maximum Gasteiger partial charge on any atom is 0.259 e. The number of benzene rings is 1. The fourth-order valence-corrected chi connectivity index (χ4v) is 2.56. The van der Waals surface area contributed by atoms with E-state index in [1.807, 2.05) is 6.92 Å². The molecule has 1 atom stereocenters. The highest BCUT2D eigenvalue weighted by Crippen LogP contribution is 2.34. The van der Waals surface area contributed by atoms with Gasteiger partial charge < -0.3 is 14.4 Å². The van der Waals surface area contributed by atoms with E-state index >= 15 is 0 Å². The summed E-state index contributed by atoms with van der Waals surface area (Å²) in [5.41, 5.74) is 0.311. The largest absolute Gasteiger partial charge is 0.494 e. The molecule has 4 nitrogen and oxygen atoms in total. The number of methoxy groups -OCH3 is 1. The van der Waals surface area contributed by atoms with Crippen molar-refractivity contribution < 1.29 is 14.3 Å². The molecule has 1 amide bonds. The molecule has 1 aromatic rings. The van der Waals surface area contributed by atoms with Crippen LogP contribution >= 0.6 is 23.2 Å². The Morgan fingerprint density at radius 1 is 1.42 bits per heavy atom. The molecule has 1 fully saturated rings. The van der Waals surface area contributed by atoms with E-state index in [2.05, 4.69) is 0 Å². The molecule has 1 unspecified atom stereocenters. The van der Waals surface area contributed by atoms with Gasteiger partial charge in [-0.15, -0.1) is 0 Å². The molecule has 0 radical (unpaired) electrons. The summed E-state index contributed by atoms with van der Waals surface area (Å²) in [6, 6.07) is 3.21. The van der Waals surface area contributed by atoms with Crippen molar-refractivity contribution in [2.45, 2.75) is 13.0 Å². The topological polar surface area (TPSA) is 38.8 Å². The van der Waals surface area contributed by atoms with E-state index in [-0.39, 0.29) is 12.0 Å². The summed E-state index contributed by atoms with van der Waals surface area (Å²) in [4.78, 5) is 14.2. The first kappa shape index (κ1) is 14.4. The van der Waals surface area contributed by atoms with E-state index in [1.54, 1.807) is 17.0 Å². The molecule has 104 valence electrons. The van der Waals surface area contributed by atoms with E-state index in [4.69, 9.17) is 32.7 Å². The Kier molecular flexibility index (Phi) is 4.55. The standard InChI is InChI=1S/C13H15Cl2NO3/c1-8-7-16(5-6-19-8)13(17)11-9(14)3-4-10(15)12(11)18-2/h3-4,8H,5-7H2,1-2H3. The molecule has 0 N–H and O–H groups in total. The van der Waals surface area contributed by atoms with Crippen molar-refractivity contribution in [1.82, 2.24) is 4.90 Å². The normalized spacial score (nSPS) is 19.4. The number of amides is 1. The van der Waals surface area contributed by atoms with Gasteiger partial charge >= 0.3 is 0 Å². The van der Waals surface area contributed by atoms with Crippen molar-refractivity contribution in [2.75, 3.05) is 26.8 Å². The fourth-order valence-electron chi connectivity index (χ4n) is 2.09. The van der Waals surface area contributed by atoms with Gasteiger partial charge in [0.15, 0.2) is 5.75 Å². The average Bonchev–Trinajstić information content (AvgIpc) is 2.40. The van der Waals surface area contributed by atoms with Gasteiger partial charge in [-0.2, -0.15) is 0 Å². The number of nitrogens with zero attached hydrogens (tertiary/aromatic N) is 1. The van der Waals surface area contributed by atoms with E-state index in [0.29, 0.717) is 41.1 Å². The highest BCUT2D eigenvalue weighted by atomic mass is 35.5. The van der Waals surface area contributed by atoms with Crippen LogP contribution in [-0.2, 0) is 4.74 Å². The molecule has 0 spiro atoms. The smallest absolute Gasteiger partial charge is 0.259 e. The Bertz CT molecular complexity index is 493. The molecule has 0 bridgehead atoms. The molecule has 6 heteroatoms. The molecule has 1 saturated heterocycles. The molecule has 1 aliphatic rings. The van der Waals surface area contributed by atoms with Crippen LogP contribution < -0.4 is 4.74 Å². The molecule has 1 heterocycles. The molecule has 0 aromatic heterocycles. The van der Waals surface area contributed by atoms with Crippen molar-refractivity contribution in [3.8, 4) is 5.75 Å². The number of rotatable bonds is 2. The van der Waals surface area contributed by atoms with E-state index in [9.17, 15) is 4.79 Å². The van der Waals surface area contributed by atoms with Gasteiger partial charge in [0.25, 0.3) is 5.91 Å². The number of ether oxygens (including phenoxy) is 2. The summed E-state index contributed by atoms with van der Waals surface area (Å²) in [7, 11) is 1.47. The third-order valence-electron chi connectivity index (χ3n) is 3.01. The monoisotopic (exact) mass is 303 g/mol. The van der Waals surface area contributed by atoms with Gasteiger partial charge in [0, 0.05) is 13.1 Å². The fraction of sp³-hybridized carbons (Fsp3) is 0.462. The summed E-state index contributed by atoms with van der Waals surface area (Å²) in [6.45, 7) is 3.52. The number of carbonyl (C=O) groups excluding carboxylic acids is 1. The molecule has 0 saturated carbocycles. The number of carbonyl (C=O) groups is 1. The first-order valence-electron chi connectivity index (χ1n) is 5.97. The van der Waals surface area contributed by atoms with Crippen molar-refractivity contribution >= 4 is 29.1 Å². The van der Waals surface area contributed by atoms with Crippen LogP contribution in [-0.4, -0.2) is 43.7 Å². The van der Waals surface area contributed by atoms with Crippen molar-refractivity contribution in [1.29, 1.82) is 0 Å². The number of halogens is 2. The van der Waals surface area contributed by atoms with E-state index in [0.717, 1.165) is 0 Å². The number of morpholine rings is 1. The zero-order valence-corrected chi connectivity index (χ0v) is 12.3. The lowest BCUT2D eigenvalue weighted by Gasteiger charge is -2.31. The zero-order valence-electron chi connectivity index (χ0n) is 10.8. The van der Waals surface area contributed by atoms with Crippen LogP contribution in [0.3, 0.4) is 0 Å². The van der Waals surface area contributed by atoms with Crippen LogP contribution in [0.15, 0.2) is 12.1 Å². The third-order valence-corrected chi connectivity index (χ3v) is 3.62. The lowest BCUT2D eigenvalue weighted by molar-refractivity contribution is -0.0125. The maximum absolute atomic E-state index is 12.5. The Morgan fingerprint density at radius 2 is 2.11 bits per heavy atom. The summed E-state index contributed by atoms with van der Waals surface area (Å²) in [5, 5.41) is 0.710. The lowest BCUT2D eigenvalue weighted by atomic mass is 10.1. The van der Waals surface area contributed by atoms with Crippen LogP contribution in [0.2, 0.25) is 10.0 Å². The van der Waals surface area contributed by atoms with Gasteiger partial charge in [-0.25, -0.2) is 0 Å². The molecular weight excluding hydrogens is 289 g/mol.